The maximum Gasteiger partial charge on any atom is 0.00415 e. The van der Waals surface area contributed by atoms with Crippen molar-refractivity contribution in [1.29, 1.82) is 0 Å². The van der Waals surface area contributed by atoms with Crippen molar-refractivity contribution in [3.8, 4) is 0 Å². The standard InChI is InChI=1S/C10H19N/c1-7(11)10-6-8-2-4-9(10)5-3-8/h7-10H,2-6,11H2,1H3/t7-,8?,9?,10-/m1/s1. The fourth-order valence-electron chi connectivity index (χ4n) is 3.07. The Labute approximate surface area is 69.4 Å². The molecule has 11 heavy (non-hydrogen) atoms. The van der Waals surface area contributed by atoms with Crippen LogP contribution in [0.3, 0.4) is 0 Å². The summed E-state index contributed by atoms with van der Waals surface area (Å²) in [4.78, 5) is 0. The van der Waals surface area contributed by atoms with Gasteiger partial charge in [-0.3, -0.25) is 0 Å². The van der Waals surface area contributed by atoms with Gasteiger partial charge in [-0.25, -0.2) is 0 Å². The molecule has 0 aromatic rings. The third kappa shape index (κ3) is 1.31. The third-order valence-corrected chi connectivity index (χ3v) is 3.78. The molecule has 1 nitrogen and oxygen atoms in total. The highest BCUT2D eigenvalue weighted by atomic mass is 14.7. The van der Waals surface area contributed by atoms with Gasteiger partial charge in [-0.1, -0.05) is 12.8 Å². The average Bonchev–Trinajstić information content (AvgIpc) is 2.06. The van der Waals surface area contributed by atoms with Crippen molar-refractivity contribution < 1.29 is 0 Å². The fourth-order valence-corrected chi connectivity index (χ4v) is 3.07. The van der Waals surface area contributed by atoms with E-state index in [-0.39, 0.29) is 0 Å². The van der Waals surface area contributed by atoms with E-state index in [2.05, 4.69) is 6.92 Å². The molecule has 3 aliphatic rings. The van der Waals surface area contributed by atoms with Gasteiger partial charge in [0, 0.05) is 6.04 Å². The van der Waals surface area contributed by atoms with E-state index in [1.165, 1.54) is 32.1 Å². The zero-order valence-electron chi connectivity index (χ0n) is 7.42. The Morgan fingerprint density at radius 1 is 1.18 bits per heavy atom. The molecular weight excluding hydrogens is 134 g/mol. The first-order valence-electron chi connectivity index (χ1n) is 5.03. The predicted molar refractivity (Wildman–Crippen MR) is 47.2 cm³/mol. The highest BCUT2D eigenvalue weighted by Gasteiger charge is 2.36. The van der Waals surface area contributed by atoms with Crippen molar-refractivity contribution in [2.45, 2.75) is 45.1 Å². The second kappa shape index (κ2) is 2.78. The smallest absolute Gasteiger partial charge is 0.00415 e. The molecule has 64 valence electrons. The van der Waals surface area contributed by atoms with Gasteiger partial charge in [-0.15, -0.1) is 0 Å². The Balaban J connectivity index is 2.03. The molecule has 0 amide bonds. The molecule has 0 saturated heterocycles. The Morgan fingerprint density at radius 2 is 1.82 bits per heavy atom. The van der Waals surface area contributed by atoms with Gasteiger partial charge in [0.05, 0.1) is 0 Å². The van der Waals surface area contributed by atoms with E-state index in [9.17, 15) is 0 Å². The van der Waals surface area contributed by atoms with Crippen molar-refractivity contribution in [3.63, 3.8) is 0 Å². The summed E-state index contributed by atoms with van der Waals surface area (Å²) in [5.41, 5.74) is 5.95. The molecule has 0 aromatic carbocycles. The zero-order valence-corrected chi connectivity index (χ0v) is 7.42. The fraction of sp³-hybridized carbons (Fsp3) is 1.00. The molecule has 0 unspecified atom stereocenters. The second-order valence-electron chi connectivity index (χ2n) is 4.54. The van der Waals surface area contributed by atoms with Crippen molar-refractivity contribution in [2.24, 2.45) is 23.5 Å². The highest BCUT2D eigenvalue weighted by molar-refractivity contribution is 4.89. The Hall–Kier alpha value is -0.0400. The van der Waals surface area contributed by atoms with Gasteiger partial charge in [0.1, 0.15) is 0 Å². The van der Waals surface area contributed by atoms with Gasteiger partial charge in [0.2, 0.25) is 0 Å². The van der Waals surface area contributed by atoms with Crippen molar-refractivity contribution >= 4 is 0 Å². The SMILES string of the molecule is C[C@@H](N)[C@H]1CC2CCC1CC2. The molecule has 0 aliphatic heterocycles. The molecule has 0 spiro atoms. The lowest BCUT2D eigenvalue weighted by atomic mass is 9.63. The normalized spacial score (nSPS) is 45.8. The number of nitrogens with two attached hydrogens (primary N) is 1. The molecule has 3 fully saturated rings. The van der Waals surface area contributed by atoms with Crippen LogP contribution in [0.15, 0.2) is 0 Å². The lowest BCUT2D eigenvalue weighted by Crippen LogP contribution is -2.40. The van der Waals surface area contributed by atoms with E-state index in [4.69, 9.17) is 5.73 Å². The summed E-state index contributed by atoms with van der Waals surface area (Å²) < 4.78 is 0. The van der Waals surface area contributed by atoms with Crippen molar-refractivity contribution in [1.82, 2.24) is 0 Å². The Kier molecular flexibility index (Phi) is 1.92. The molecular formula is C10H19N. The molecule has 0 radical (unpaired) electrons. The molecule has 2 bridgehead atoms. The van der Waals surface area contributed by atoms with Crippen molar-refractivity contribution in [2.75, 3.05) is 0 Å². The van der Waals surface area contributed by atoms with Gasteiger partial charge in [-0.05, 0) is 43.9 Å². The number of hydrogen-bond acceptors (Lipinski definition) is 1. The van der Waals surface area contributed by atoms with Crippen LogP contribution in [0.1, 0.15) is 39.0 Å². The summed E-state index contributed by atoms with van der Waals surface area (Å²) in [6.07, 6.45) is 7.36. The highest BCUT2D eigenvalue weighted by Crippen LogP contribution is 2.45. The van der Waals surface area contributed by atoms with Crippen LogP contribution in [-0.4, -0.2) is 6.04 Å². The Bertz CT molecular complexity index is 134. The van der Waals surface area contributed by atoms with Crippen LogP contribution < -0.4 is 5.73 Å². The number of fused-ring (bicyclic) bond motifs is 3. The van der Waals surface area contributed by atoms with Gasteiger partial charge >= 0.3 is 0 Å². The van der Waals surface area contributed by atoms with Crippen LogP contribution >= 0.6 is 0 Å². The largest absolute Gasteiger partial charge is 0.328 e. The van der Waals surface area contributed by atoms with Gasteiger partial charge in [-0.2, -0.15) is 0 Å². The van der Waals surface area contributed by atoms with Crippen LogP contribution in [0.25, 0.3) is 0 Å². The van der Waals surface area contributed by atoms with E-state index in [1.54, 1.807) is 0 Å². The molecule has 0 heterocycles. The number of rotatable bonds is 1. The summed E-state index contributed by atoms with van der Waals surface area (Å²) in [6.45, 7) is 2.19. The summed E-state index contributed by atoms with van der Waals surface area (Å²) in [5.74, 6) is 2.89. The maximum atomic E-state index is 5.95. The second-order valence-corrected chi connectivity index (χ2v) is 4.54. The molecule has 3 aliphatic carbocycles. The monoisotopic (exact) mass is 153 g/mol. The van der Waals surface area contributed by atoms with E-state index in [0.29, 0.717) is 6.04 Å². The first kappa shape index (κ1) is 7.60. The summed E-state index contributed by atoms with van der Waals surface area (Å²) >= 11 is 0. The lowest BCUT2D eigenvalue weighted by molar-refractivity contribution is 0.0849. The van der Waals surface area contributed by atoms with E-state index in [0.717, 1.165) is 17.8 Å². The molecule has 2 atom stereocenters. The van der Waals surface area contributed by atoms with Crippen LogP contribution in [0.2, 0.25) is 0 Å². The zero-order chi connectivity index (χ0) is 7.84. The molecule has 1 heteroatoms. The van der Waals surface area contributed by atoms with E-state index >= 15 is 0 Å². The average molecular weight is 153 g/mol. The molecule has 3 saturated carbocycles. The molecule has 0 aromatic heterocycles. The molecule has 3 rings (SSSR count). The van der Waals surface area contributed by atoms with E-state index in [1.807, 2.05) is 0 Å². The quantitative estimate of drug-likeness (QED) is 0.614. The van der Waals surface area contributed by atoms with Gasteiger partial charge in [0.15, 0.2) is 0 Å². The minimum atomic E-state index is 0.447. The van der Waals surface area contributed by atoms with Crippen LogP contribution in [0.4, 0.5) is 0 Å². The van der Waals surface area contributed by atoms with Crippen molar-refractivity contribution in [3.05, 3.63) is 0 Å². The minimum Gasteiger partial charge on any atom is -0.328 e. The summed E-state index contributed by atoms with van der Waals surface area (Å²) in [5, 5.41) is 0. The van der Waals surface area contributed by atoms with Gasteiger partial charge < -0.3 is 5.73 Å². The van der Waals surface area contributed by atoms with Crippen LogP contribution in [-0.2, 0) is 0 Å². The first-order valence-corrected chi connectivity index (χ1v) is 5.03. The first-order chi connectivity index (χ1) is 5.27. The lowest BCUT2D eigenvalue weighted by Gasteiger charge is -2.44. The van der Waals surface area contributed by atoms with Crippen LogP contribution in [0, 0.1) is 17.8 Å². The predicted octanol–water partition coefficient (Wildman–Crippen LogP) is 2.16. The summed E-state index contributed by atoms with van der Waals surface area (Å²) in [6, 6.07) is 0.447. The summed E-state index contributed by atoms with van der Waals surface area (Å²) in [7, 11) is 0. The topological polar surface area (TPSA) is 26.0 Å². The third-order valence-electron chi connectivity index (χ3n) is 3.78. The Morgan fingerprint density at radius 3 is 2.09 bits per heavy atom. The minimum absolute atomic E-state index is 0.447. The molecule has 2 N–H and O–H groups in total. The van der Waals surface area contributed by atoms with Crippen LogP contribution in [0.5, 0.6) is 0 Å². The van der Waals surface area contributed by atoms with E-state index < -0.39 is 0 Å². The maximum absolute atomic E-state index is 5.95. The number of hydrogen-bond donors (Lipinski definition) is 1. The van der Waals surface area contributed by atoms with Gasteiger partial charge in [0.25, 0.3) is 0 Å².